The van der Waals surface area contributed by atoms with Crippen LogP contribution in [0.1, 0.15) is 5.56 Å². The Balaban J connectivity index is 2.27. The van der Waals surface area contributed by atoms with Crippen LogP contribution in [0.3, 0.4) is 0 Å². The van der Waals surface area contributed by atoms with Gasteiger partial charge in [-0.25, -0.2) is 8.42 Å². The fourth-order valence-corrected chi connectivity index (χ4v) is 3.15. The maximum atomic E-state index is 12.2. The second-order valence-corrected chi connectivity index (χ2v) is 6.78. The third kappa shape index (κ3) is 3.58. The van der Waals surface area contributed by atoms with Crippen LogP contribution in [0.25, 0.3) is 0 Å². The topological polar surface area (TPSA) is 46.2 Å². The van der Waals surface area contributed by atoms with Gasteiger partial charge in [-0.3, -0.25) is 4.72 Å². The quantitative estimate of drug-likeness (QED) is 0.823. The monoisotopic (exact) mass is 349 g/mol. The van der Waals surface area contributed by atoms with Gasteiger partial charge in [0, 0.05) is 11.6 Å². The molecule has 0 unspecified atom stereocenters. The third-order valence-electron chi connectivity index (χ3n) is 2.56. The fraction of sp³-hybridized carbons (Fsp3) is 0.0769. The van der Waals surface area contributed by atoms with E-state index < -0.39 is 10.0 Å². The number of nitrogens with one attached hydrogen (secondary N) is 1. The molecule has 3 nitrogen and oxygen atoms in total. The Morgan fingerprint density at radius 1 is 0.950 bits per heavy atom. The first kappa shape index (κ1) is 15.4. The molecule has 0 bridgehead atoms. The lowest BCUT2D eigenvalue weighted by Gasteiger charge is -2.09. The molecule has 0 saturated carbocycles. The van der Waals surface area contributed by atoms with Crippen LogP contribution < -0.4 is 4.72 Å². The second kappa shape index (κ2) is 6.22. The Morgan fingerprint density at radius 3 is 2.15 bits per heavy atom. The van der Waals surface area contributed by atoms with E-state index in [9.17, 15) is 8.42 Å². The Bertz CT molecular complexity index is 715. The van der Waals surface area contributed by atoms with E-state index in [1.54, 1.807) is 24.3 Å². The largest absolute Gasteiger partial charge is 0.280 e. The Hall–Kier alpha value is -0.940. The standard InChI is InChI=1S/C13H10Cl3NO2S/c14-8-9-1-3-10(4-2-9)17-20(18,19)11-5-6-12(15)13(16)7-11/h1-7,17H,8H2. The lowest BCUT2D eigenvalue weighted by atomic mass is 10.2. The van der Waals surface area contributed by atoms with Gasteiger partial charge in [0.15, 0.2) is 0 Å². The molecule has 0 amide bonds. The molecule has 2 aromatic rings. The van der Waals surface area contributed by atoms with Crippen LogP contribution in [0, 0.1) is 0 Å². The van der Waals surface area contributed by atoms with Crippen molar-refractivity contribution in [1.82, 2.24) is 0 Å². The molecule has 20 heavy (non-hydrogen) atoms. The highest BCUT2D eigenvalue weighted by atomic mass is 35.5. The molecular formula is C13H10Cl3NO2S. The van der Waals surface area contributed by atoms with E-state index in [4.69, 9.17) is 34.8 Å². The molecule has 0 aliphatic rings. The zero-order chi connectivity index (χ0) is 14.8. The van der Waals surface area contributed by atoms with Crippen molar-refractivity contribution in [2.45, 2.75) is 10.8 Å². The van der Waals surface area contributed by atoms with E-state index in [-0.39, 0.29) is 9.92 Å². The maximum Gasteiger partial charge on any atom is 0.261 e. The Morgan fingerprint density at radius 2 is 1.60 bits per heavy atom. The number of benzene rings is 2. The number of halogens is 3. The summed E-state index contributed by atoms with van der Waals surface area (Å²) in [7, 11) is -3.70. The van der Waals surface area contributed by atoms with Crippen molar-refractivity contribution in [1.29, 1.82) is 0 Å². The van der Waals surface area contributed by atoms with E-state index in [0.29, 0.717) is 16.6 Å². The number of sulfonamides is 1. The van der Waals surface area contributed by atoms with Gasteiger partial charge in [-0.05, 0) is 35.9 Å². The molecule has 0 aromatic heterocycles. The Labute approximate surface area is 132 Å². The first-order valence-corrected chi connectivity index (χ1v) is 8.32. The predicted molar refractivity (Wildman–Crippen MR) is 83.3 cm³/mol. The van der Waals surface area contributed by atoms with Gasteiger partial charge < -0.3 is 0 Å². The summed E-state index contributed by atoms with van der Waals surface area (Å²) in [6.07, 6.45) is 0. The Kier molecular flexibility index (Phi) is 4.81. The van der Waals surface area contributed by atoms with Crippen LogP contribution >= 0.6 is 34.8 Å². The fourth-order valence-electron chi connectivity index (χ4n) is 1.52. The van der Waals surface area contributed by atoms with Gasteiger partial charge in [-0.1, -0.05) is 35.3 Å². The molecule has 1 N–H and O–H groups in total. The molecular weight excluding hydrogens is 341 g/mol. The minimum absolute atomic E-state index is 0.0494. The van der Waals surface area contributed by atoms with Crippen LogP contribution in [-0.4, -0.2) is 8.42 Å². The highest BCUT2D eigenvalue weighted by Gasteiger charge is 2.15. The van der Waals surface area contributed by atoms with Gasteiger partial charge in [0.2, 0.25) is 0 Å². The summed E-state index contributed by atoms with van der Waals surface area (Å²) in [5.74, 6) is 0.375. The summed E-state index contributed by atoms with van der Waals surface area (Å²) in [5.41, 5.74) is 1.36. The summed E-state index contributed by atoms with van der Waals surface area (Å²) in [6.45, 7) is 0. The molecule has 0 aliphatic carbocycles. The van der Waals surface area contributed by atoms with Crippen molar-refractivity contribution in [3.05, 3.63) is 58.1 Å². The molecule has 0 heterocycles. The van der Waals surface area contributed by atoms with Crippen LogP contribution in [0.2, 0.25) is 10.0 Å². The molecule has 0 fully saturated rings. The summed E-state index contributed by atoms with van der Waals surface area (Å²) in [6, 6.07) is 10.9. The van der Waals surface area contributed by atoms with Crippen LogP contribution in [0.4, 0.5) is 5.69 Å². The summed E-state index contributed by atoms with van der Waals surface area (Å²) < 4.78 is 26.8. The van der Waals surface area contributed by atoms with Gasteiger partial charge in [0.05, 0.1) is 14.9 Å². The molecule has 106 valence electrons. The van der Waals surface area contributed by atoms with Crippen molar-refractivity contribution in [2.75, 3.05) is 4.72 Å². The maximum absolute atomic E-state index is 12.2. The van der Waals surface area contributed by atoms with Crippen molar-refractivity contribution >= 4 is 50.5 Å². The van der Waals surface area contributed by atoms with Crippen LogP contribution in [0.15, 0.2) is 47.4 Å². The van der Waals surface area contributed by atoms with Gasteiger partial charge >= 0.3 is 0 Å². The molecule has 2 rings (SSSR count). The molecule has 0 saturated heterocycles. The first-order chi connectivity index (χ1) is 9.42. The first-order valence-electron chi connectivity index (χ1n) is 5.55. The van der Waals surface area contributed by atoms with Gasteiger partial charge in [-0.15, -0.1) is 11.6 Å². The van der Waals surface area contributed by atoms with E-state index >= 15 is 0 Å². The molecule has 0 radical (unpaired) electrons. The average Bonchev–Trinajstić information content (AvgIpc) is 2.42. The van der Waals surface area contributed by atoms with E-state index in [1.807, 2.05) is 0 Å². The highest BCUT2D eigenvalue weighted by Crippen LogP contribution is 2.26. The van der Waals surface area contributed by atoms with Gasteiger partial charge in [0.25, 0.3) is 10.0 Å². The van der Waals surface area contributed by atoms with E-state index in [0.717, 1.165) is 5.56 Å². The number of alkyl halides is 1. The lowest BCUT2D eigenvalue weighted by molar-refractivity contribution is 0.601. The zero-order valence-corrected chi connectivity index (χ0v) is 13.2. The lowest BCUT2D eigenvalue weighted by Crippen LogP contribution is -2.12. The van der Waals surface area contributed by atoms with Crippen molar-refractivity contribution < 1.29 is 8.42 Å². The molecule has 0 spiro atoms. The number of anilines is 1. The smallest absolute Gasteiger partial charge is 0.261 e. The molecule has 0 aliphatic heterocycles. The minimum atomic E-state index is -3.70. The molecule has 7 heteroatoms. The minimum Gasteiger partial charge on any atom is -0.280 e. The van der Waals surface area contributed by atoms with Gasteiger partial charge in [0.1, 0.15) is 0 Å². The summed E-state index contributed by atoms with van der Waals surface area (Å²) >= 11 is 17.3. The highest BCUT2D eigenvalue weighted by molar-refractivity contribution is 7.92. The SMILES string of the molecule is O=S(=O)(Nc1ccc(CCl)cc1)c1ccc(Cl)c(Cl)c1. The number of hydrogen-bond donors (Lipinski definition) is 1. The zero-order valence-electron chi connectivity index (χ0n) is 10.1. The number of hydrogen-bond acceptors (Lipinski definition) is 2. The van der Waals surface area contributed by atoms with E-state index in [1.165, 1.54) is 18.2 Å². The summed E-state index contributed by atoms with van der Waals surface area (Å²) in [5, 5.41) is 0.490. The van der Waals surface area contributed by atoms with Crippen molar-refractivity contribution in [3.8, 4) is 0 Å². The molecule has 2 aromatic carbocycles. The van der Waals surface area contributed by atoms with Crippen LogP contribution in [-0.2, 0) is 15.9 Å². The summed E-state index contributed by atoms with van der Waals surface area (Å²) in [4.78, 5) is 0.0494. The third-order valence-corrected chi connectivity index (χ3v) is 4.99. The molecule has 0 atom stereocenters. The van der Waals surface area contributed by atoms with Crippen molar-refractivity contribution in [3.63, 3.8) is 0 Å². The van der Waals surface area contributed by atoms with E-state index in [2.05, 4.69) is 4.72 Å². The van der Waals surface area contributed by atoms with Gasteiger partial charge in [-0.2, -0.15) is 0 Å². The second-order valence-electron chi connectivity index (χ2n) is 4.01. The normalized spacial score (nSPS) is 11.3. The number of rotatable bonds is 4. The predicted octanol–water partition coefficient (Wildman–Crippen LogP) is 4.53. The van der Waals surface area contributed by atoms with Crippen LogP contribution in [0.5, 0.6) is 0 Å². The van der Waals surface area contributed by atoms with Crippen molar-refractivity contribution in [2.24, 2.45) is 0 Å². The average molecular weight is 351 g/mol.